The highest BCUT2D eigenvalue weighted by molar-refractivity contribution is 14.1. The van der Waals surface area contributed by atoms with Gasteiger partial charge in [-0.3, -0.25) is 0 Å². The smallest absolute Gasteiger partial charge is 0.0682 e. The van der Waals surface area contributed by atoms with Crippen LogP contribution in [0.15, 0.2) is 28.7 Å². The second kappa shape index (κ2) is 6.89. The lowest BCUT2D eigenvalue weighted by Crippen LogP contribution is -2.22. The number of rotatable bonds is 4. The zero-order valence-electron chi connectivity index (χ0n) is 10.6. The van der Waals surface area contributed by atoms with Gasteiger partial charge in [0.15, 0.2) is 0 Å². The molecule has 1 N–H and O–H groups in total. The van der Waals surface area contributed by atoms with E-state index in [0.29, 0.717) is 0 Å². The highest BCUT2D eigenvalue weighted by Gasteiger charge is 2.19. The zero-order chi connectivity index (χ0) is 14.0. The molecule has 1 unspecified atom stereocenters. The third kappa shape index (κ3) is 3.73. The van der Waals surface area contributed by atoms with Crippen molar-refractivity contribution in [2.45, 2.75) is 19.9 Å². The van der Waals surface area contributed by atoms with E-state index in [9.17, 15) is 0 Å². The van der Waals surface area contributed by atoms with Gasteiger partial charge in [-0.25, -0.2) is 0 Å². The summed E-state index contributed by atoms with van der Waals surface area (Å²) in [6, 6.07) is 8.46. The fraction of sp³-hybridized carbons (Fsp3) is 0.286. The van der Waals surface area contributed by atoms with Gasteiger partial charge in [-0.05, 0) is 81.8 Å². The predicted octanol–water partition coefficient (Wildman–Crippen LogP) is 5.78. The highest BCUT2D eigenvalue weighted by Crippen LogP contribution is 2.36. The molecule has 1 nitrogen and oxygen atoms in total. The molecular weight excluding hydrogens is 456 g/mol. The maximum atomic E-state index is 6.15. The van der Waals surface area contributed by atoms with Crippen LogP contribution in [0.2, 0.25) is 5.02 Å². The molecule has 1 heterocycles. The van der Waals surface area contributed by atoms with Crippen molar-refractivity contribution >= 4 is 61.5 Å². The van der Waals surface area contributed by atoms with E-state index in [1.165, 1.54) is 23.4 Å². The Balaban J connectivity index is 2.47. The molecule has 1 aromatic carbocycles. The molecule has 0 amide bonds. The van der Waals surface area contributed by atoms with Crippen LogP contribution >= 0.6 is 61.5 Å². The summed E-state index contributed by atoms with van der Waals surface area (Å²) in [6.07, 6.45) is 0. The second-order valence-corrected chi connectivity index (χ2v) is 7.95. The molecule has 5 heteroatoms. The minimum Gasteiger partial charge on any atom is -0.306 e. The number of aryl methyl sites for hydroxylation is 1. The summed E-state index contributed by atoms with van der Waals surface area (Å²) >= 11 is 13.9. The molecule has 19 heavy (non-hydrogen) atoms. The number of hydrogen-bond acceptors (Lipinski definition) is 2. The van der Waals surface area contributed by atoms with E-state index in [1.54, 1.807) is 0 Å². The predicted molar refractivity (Wildman–Crippen MR) is 96.4 cm³/mol. The van der Waals surface area contributed by atoms with Crippen LogP contribution in [0.4, 0.5) is 0 Å². The van der Waals surface area contributed by atoms with E-state index in [-0.39, 0.29) is 6.04 Å². The molecule has 1 atom stereocenters. The largest absolute Gasteiger partial charge is 0.306 e. The maximum Gasteiger partial charge on any atom is 0.0682 e. The average Bonchev–Trinajstić information content (AvgIpc) is 2.70. The summed E-state index contributed by atoms with van der Waals surface area (Å²) in [4.78, 5) is 2.61. The van der Waals surface area contributed by atoms with Crippen LogP contribution in [0.25, 0.3) is 0 Å². The van der Waals surface area contributed by atoms with Crippen LogP contribution < -0.4 is 5.32 Å². The van der Waals surface area contributed by atoms with E-state index in [4.69, 9.17) is 11.6 Å². The van der Waals surface area contributed by atoms with Gasteiger partial charge in [-0.15, -0.1) is 11.3 Å². The SMILES string of the molecule is CCNC(c1cc(Br)c(C)s1)c1cc(Cl)ccc1I. The van der Waals surface area contributed by atoms with Crippen LogP contribution in [0.3, 0.4) is 0 Å². The number of halogens is 3. The zero-order valence-corrected chi connectivity index (χ0v) is 16.0. The Morgan fingerprint density at radius 1 is 1.42 bits per heavy atom. The molecule has 0 aliphatic carbocycles. The van der Waals surface area contributed by atoms with Crippen molar-refractivity contribution in [2.24, 2.45) is 0 Å². The molecule has 0 saturated carbocycles. The Labute approximate surface area is 145 Å². The van der Waals surface area contributed by atoms with Gasteiger partial charge in [0.05, 0.1) is 6.04 Å². The average molecular weight is 471 g/mol. The summed E-state index contributed by atoms with van der Waals surface area (Å²) < 4.78 is 2.41. The molecule has 1 aromatic heterocycles. The normalized spacial score (nSPS) is 12.7. The Kier molecular flexibility index (Phi) is 5.72. The summed E-state index contributed by atoms with van der Waals surface area (Å²) in [5.74, 6) is 0. The number of hydrogen-bond donors (Lipinski definition) is 1. The van der Waals surface area contributed by atoms with Crippen LogP contribution in [-0.4, -0.2) is 6.54 Å². The van der Waals surface area contributed by atoms with Crippen molar-refractivity contribution in [3.8, 4) is 0 Å². The molecular formula is C14H14BrClINS. The fourth-order valence-corrected chi connectivity index (χ4v) is 4.41. The van der Waals surface area contributed by atoms with Gasteiger partial charge in [0, 0.05) is 22.8 Å². The van der Waals surface area contributed by atoms with Crippen LogP contribution in [0.1, 0.15) is 28.3 Å². The van der Waals surface area contributed by atoms with Gasteiger partial charge >= 0.3 is 0 Å². The molecule has 2 rings (SSSR count). The lowest BCUT2D eigenvalue weighted by atomic mass is 10.1. The molecule has 0 saturated heterocycles. The van der Waals surface area contributed by atoms with Gasteiger partial charge in [-0.2, -0.15) is 0 Å². The number of nitrogens with one attached hydrogen (secondary N) is 1. The van der Waals surface area contributed by atoms with Gasteiger partial charge in [-0.1, -0.05) is 18.5 Å². The lowest BCUT2D eigenvalue weighted by molar-refractivity contribution is 0.637. The van der Waals surface area contributed by atoms with E-state index >= 15 is 0 Å². The van der Waals surface area contributed by atoms with Gasteiger partial charge in [0.1, 0.15) is 0 Å². The molecule has 0 aliphatic rings. The minimum absolute atomic E-state index is 0.200. The van der Waals surface area contributed by atoms with E-state index in [0.717, 1.165) is 11.6 Å². The van der Waals surface area contributed by atoms with Gasteiger partial charge in [0.2, 0.25) is 0 Å². The molecule has 102 valence electrons. The molecule has 2 aromatic rings. The van der Waals surface area contributed by atoms with Gasteiger partial charge < -0.3 is 5.32 Å². The van der Waals surface area contributed by atoms with Crippen LogP contribution in [0.5, 0.6) is 0 Å². The Hall–Kier alpha value is 0.380. The first-order valence-corrected chi connectivity index (χ1v) is 9.03. The Morgan fingerprint density at radius 3 is 2.74 bits per heavy atom. The quantitative estimate of drug-likeness (QED) is 0.559. The first-order chi connectivity index (χ1) is 9.02. The Bertz CT molecular complexity index is 565. The van der Waals surface area contributed by atoms with E-state index in [2.05, 4.69) is 75.9 Å². The van der Waals surface area contributed by atoms with Crippen molar-refractivity contribution in [3.05, 3.63) is 52.6 Å². The summed E-state index contributed by atoms with van der Waals surface area (Å²) in [5.41, 5.74) is 1.24. The molecule has 0 radical (unpaired) electrons. The summed E-state index contributed by atoms with van der Waals surface area (Å²) in [5, 5.41) is 4.33. The lowest BCUT2D eigenvalue weighted by Gasteiger charge is -2.18. The standard InChI is InChI=1S/C14H14BrClINS/c1-3-18-14(13-7-11(15)8(2)19-13)10-6-9(16)4-5-12(10)17/h4-7,14,18H,3H2,1-2H3. The van der Waals surface area contributed by atoms with Crippen molar-refractivity contribution < 1.29 is 0 Å². The first-order valence-electron chi connectivity index (χ1n) is 5.97. The molecule has 0 spiro atoms. The highest BCUT2D eigenvalue weighted by atomic mass is 127. The van der Waals surface area contributed by atoms with Crippen LogP contribution in [-0.2, 0) is 0 Å². The summed E-state index contributed by atoms with van der Waals surface area (Å²) in [6.45, 7) is 5.17. The van der Waals surface area contributed by atoms with Crippen molar-refractivity contribution in [1.29, 1.82) is 0 Å². The first kappa shape index (κ1) is 15.8. The number of thiophene rings is 1. The third-order valence-electron chi connectivity index (χ3n) is 2.84. The second-order valence-electron chi connectivity index (χ2n) is 4.21. The topological polar surface area (TPSA) is 12.0 Å². The van der Waals surface area contributed by atoms with Crippen molar-refractivity contribution in [1.82, 2.24) is 5.32 Å². The van der Waals surface area contributed by atoms with Gasteiger partial charge in [0.25, 0.3) is 0 Å². The van der Waals surface area contributed by atoms with E-state index < -0.39 is 0 Å². The van der Waals surface area contributed by atoms with Crippen LogP contribution in [0, 0.1) is 10.5 Å². The summed E-state index contributed by atoms with van der Waals surface area (Å²) in [7, 11) is 0. The number of benzene rings is 1. The molecule has 0 fully saturated rings. The fourth-order valence-electron chi connectivity index (χ4n) is 1.93. The Morgan fingerprint density at radius 2 is 2.16 bits per heavy atom. The monoisotopic (exact) mass is 469 g/mol. The molecule has 0 aliphatic heterocycles. The van der Waals surface area contributed by atoms with Crippen molar-refractivity contribution in [3.63, 3.8) is 0 Å². The van der Waals surface area contributed by atoms with Crippen molar-refractivity contribution in [2.75, 3.05) is 6.54 Å². The van der Waals surface area contributed by atoms with E-state index in [1.807, 2.05) is 17.4 Å². The third-order valence-corrected chi connectivity index (χ3v) is 6.26. The molecule has 0 bridgehead atoms. The minimum atomic E-state index is 0.200. The maximum absolute atomic E-state index is 6.15.